The van der Waals surface area contributed by atoms with Crippen LogP contribution in [0.2, 0.25) is 0 Å². The number of nitrogens with zero attached hydrogens (tertiary/aromatic N) is 2. The van der Waals surface area contributed by atoms with E-state index < -0.39 is 5.60 Å². The lowest BCUT2D eigenvalue weighted by Gasteiger charge is -2.28. The van der Waals surface area contributed by atoms with Crippen LogP contribution in [-0.4, -0.2) is 42.8 Å². The summed E-state index contributed by atoms with van der Waals surface area (Å²) in [6.07, 6.45) is 0.728. The zero-order chi connectivity index (χ0) is 17.2. The van der Waals surface area contributed by atoms with Gasteiger partial charge in [-0.05, 0) is 51.8 Å². The van der Waals surface area contributed by atoms with Crippen molar-refractivity contribution in [3.8, 4) is 0 Å². The van der Waals surface area contributed by atoms with Gasteiger partial charge < -0.3 is 20.3 Å². The van der Waals surface area contributed by atoms with Crippen LogP contribution in [0.4, 0.5) is 10.5 Å². The van der Waals surface area contributed by atoms with Gasteiger partial charge in [-0.1, -0.05) is 12.1 Å². The van der Waals surface area contributed by atoms with Crippen LogP contribution in [-0.2, 0) is 4.74 Å². The molecule has 0 saturated carbocycles. The predicted octanol–water partition coefficient (Wildman–Crippen LogP) is 3.15. The van der Waals surface area contributed by atoms with E-state index in [9.17, 15) is 4.79 Å². The zero-order valence-corrected chi connectivity index (χ0v) is 14.9. The van der Waals surface area contributed by atoms with E-state index in [-0.39, 0.29) is 12.1 Å². The number of amides is 1. The summed E-state index contributed by atoms with van der Waals surface area (Å²) in [7, 11) is 2.07. The van der Waals surface area contributed by atoms with Crippen LogP contribution in [0, 0.1) is 0 Å². The molecule has 1 saturated heterocycles. The van der Waals surface area contributed by atoms with Crippen molar-refractivity contribution in [2.75, 3.05) is 25.0 Å². The maximum absolute atomic E-state index is 12.2. The van der Waals surface area contributed by atoms with Crippen LogP contribution < -0.4 is 10.6 Å². The van der Waals surface area contributed by atoms with Crippen molar-refractivity contribution >= 4 is 11.8 Å². The predicted molar refractivity (Wildman–Crippen MR) is 93.7 cm³/mol. The molecule has 1 heterocycles. The van der Waals surface area contributed by atoms with Gasteiger partial charge in [-0.2, -0.15) is 0 Å². The number of likely N-dealkylation sites (N-methyl/N-ethyl adjacent to an activating group) is 1. The molecule has 0 spiro atoms. The van der Waals surface area contributed by atoms with Crippen molar-refractivity contribution in [2.24, 2.45) is 5.73 Å². The zero-order valence-electron chi connectivity index (χ0n) is 14.9. The van der Waals surface area contributed by atoms with Crippen molar-refractivity contribution in [3.63, 3.8) is 0 Å². The second-order valence-corrected chi connectivity index (χ2v) is 7.36. The number of hydrogen-bond acceptors (Lipinski definition) is 4. The van der Waals surface area contributed by atoms with Crippen LogP contribution >= 0.6 is 0 Å². The maximum atomic E-state index is 12.2. The largest absolute Gasteiger partial charge is 0.444 e. The molecule has 5 heteroatoms. The summed E-state index contributed by atoms with van der Waals surface area (Å²) in [5, 5.41) is 0. The molecule has 1 amide bonds. The molecule has 1 fully saturated rings. The minimum Gasteiger partial charge on any atom is -0.444 e. The molecule has 2 N–H and O–H groups in total. The molecular formula is C18H29N3O2. The molecule has 1 aliphatic rings. The Morgan fingerprint density at radius 3 is 2.48 bits per heavy atom. The monoisotopic (exact) mass is 319 g/mol. The van der Waals surface area contributed by atoms with Crippen LogP contribution in [0.25, 0.3) is 0 Å². The Labute approximate surface area is 139 Å². The van der Waals surface area contributed by atoms with E-state index in [2.05, 4.69) is 36.2 Å². The minimum absolute atomic E-state index is 0.0449. The number of rotatable bonds is 3. The number of anilines is 1. The number of carbonyl (C=O) groups is 1. The lowest BCUT2D eigenvalue weighted by atomic mass is 10.1. The molecule has 2 atom stereocenters. The van der Waals surface area contributed by atoms with E-state index >= 15 is 0 Å². The topological polar surface area (TPSA) is 58.8 Å². The first-order valence-corrected chi connectivity index (χ1v) is 8.23. The van der Waals surface area contributed by atoms with Gasteiger partial charge in [-0.15, -0.1) is 0 Å². The fourth-order valence-electron chi connectivity index (χ4n) is 2.77. The highest BCUT2D eigenvalue weighted by atomic mass is 16.6. The molecule has 0 aliphatic carbocycles. The van der Waals surface area contributed by atoms with Crippen LogP contribution in [0.3, 0.4) is 0 Å². The quantitative estimate of drug-likeness (QED) is 0.930. The third-order valence-electron chi connectivity index (χ3n) is 4.19. The first-order valence-electron chi connectivity index (χ1n) is 8.23. The summed E-state index contributed by atoms with van der Waals surface area (Å²) in [5.41, 5.74) is 7.72. The first kappa shape index (κ1) is 17.6. The minimum atomic E-state index is -0.449. The van der Waals surface area contributed by atoms with E-state index in [1.165, 1.54) is 0 Å². The molecule has 0 radical (unpaired) electrons. The summed E-state index contributed by atoms with van der Waals surface area (Å²) in [5.74, 6) is 0. The van der Waals surface area contributed by atoms with Gasteiger partial charge in [0.15, 0.2) is 0 Å². The van der Waals surface area contributed by atoms with Gasteiger partial charge in [-0.3, -0.25) is 0 Å². The van der Waals surface area contributed by atoms with Crippen LogP contribution in [0.15, 0.2) is 24.3 Å². The fraction of sp³-hybridized carbons (Fsp3) is 0.611. The van der Waals surface area contributed by atoms with Crippen molar-refractivity contribution in [2.45, 2.75) is 51.8 Å². The van der Waals surface area contributed by atoms with E-state index in [4.69, 9.17) is 10.5 Å². The van der Waals surface area contributed by atoms with Gasteiger partial charge in [0.1, 0.15) is 5.60 Å². The lowest BCUT2D eigenvalue weighted by Crippen LogP contribution is -2.39. The third kappa shape index (κ3) is 4.61. The van der Waals surface area contributed by atoms with Gasteiger partial charge in [0.05, 0.1) is 0 Å². The summed E-state index contributed by atoms with van der Waals surface area (Å²) in [4.78, 5) is 16.2. The highest BCUT2D eigenvalue weighted by Gasteiger charge is 2.31. The van der Waals surface area contributed by atoms with Gasteiger partial charge in [-0.25, -0.2) is 4.79 Å². The smallest absolute Gasteiger partial charge is 0.410 e. The summed E-state index contributed by atoms with van der Waals surface area (Å²) in [6, 6.07) is 8.67. The highest BCUT2D eigenvalue weighted by Crippen LogP contribution is 2.24. The lowest BCUT2D eigenvalue weighted by molar-refractivity contribution is 0.0292. The second-order valence-electron chi connectivity index (χ2n) is 7.36. The molecule has 1 aromatic carbocycles. The third-order valence-corrected chi connectivity index (χ3v) is 4.19. The first-order chi connectivity index (χ1) is 10.7. The fourth-order valence-corrected chi connectivity index (χ4v) is 2.77. The van der Waals surface area contributed by atoms with E-state index in [0.29, 0.717) is 12.6 Å². The van der Waals surface area contributed by atoms with Gasteiger partial charge in [0.2, 0.25) is 0 Å². The molecule has 1 aliphatic heterocycles. The molecule has 1 aromatic rings. The number of ether oxygens (including phenoxy) is 1. The Morgan fingerprint density at radius 1 is 1.35 bits per heavy atom. The summed E-state index contributed by atoms with van der Waals surface area (Å²) < 4.78 is 5.45. The van der Waals surface area contributed by atoms with Gasteiger partial charge in [0, 0.05) is 37.9 Å². The Kier molecular flexibility index (Phi) is 5.19. The molecule has 2 rings (SSSR count). The Bertz CT molecular complexity index is 534. The molecule has 23 heavy (non-hydrogen) atoms. The number of benzene rings is 1. The number of nitrogens with two attached hydrogens (primary N) is 1. The van der Waals surface area contributed by atoms with Crippen molar-refractivity contribution < 1.29 is 9.53 Å². The molecule has 5 nitrogen and oxygen atoms in total. The standard InChI is InChI=1S/C18H29N3O2/c1-13(19)14-6-8-15(9-7-14)20(5)16-10-11-21(12-16)17(22)23-18(2,3)4/h6-9,13,16H,10-12,19H2,1-5H3. The van der Waals surface area contributed by atoms with E-state index in [0.717, 1.165) is 24.2 Å². The molecule has 0 bridgehead atoms. The average molecular weight is 319 g/mol. The molecule has 2 unspecified atom stereocenters. The normalized spacial score (nSPS) is 19.6. The van der Waals surface area contributed by atoms with E-state index in [1.54, 1.807) is 4.90 Å². The average Bonchev–Trinajstić information content (AvgIpc) is 2.94. The Morgan fingerprint density at radius 2 is 1.96 bits per heavy atom. The maximum Gasteiger partial charge on any atom is 0.410 e. The van der Waals surface area contributed by atoms with Crippen molar-refractivity contribution in [3.05, 3.63) is 29.8 Å². The Hall–Kier alpha value is -1.75. The van der Waals surface area contributed by atoms with Crippen molar-refractivity contribution in [1.29, 1.82) is 0 Å². The van der Waals surface area contributed by atoms with E-state index in [1.807, 2.05) is 27.7 Å². The molecule has 0 aromatic heterocycles. The Balaban J connectivity index is 1.96. The SMILES string of the molecule is CC(N)c1ccc(N(C)C2CCN(C(=O)OC(C)(C)C)C2)cc1. The molecular weight excluding hydrogens is 290 g/mol. The van der Waals surface area contributed by atoms with Crippen molar-refractivity contribution in [1.82, 2.24) is 4.90 Å². The summed E-state index contributed by atoms with van der Waals surface area (Å²) >= 11 is 0. The van der Waals surface area contributed by atoms with Crippen LogP contribution in [0.5, 0.6) is 0 Å². The van der Waals surface area contributed by atoms with Crippen LogP contribution in [0.1, 0.15) is 45.7 Å². The highest BCUT2D eigenvalue weighted by molar-refractivity contribution is 5.68. The second kappa shape index (κ2) is 6.79. The number of likely N-dealkylation sites (tertiary alicyclic amines) is 1. The summed E-state index contributed by atoms with van der Waals surface area (Å²) in [6.45, 7) is 9.09. The number of hydrogen-bond donors (Lipinski definition) is 1. The molecule has 128 valence electrons. The van der Waals surface area contributed by atoms with Gasteiger partial charge >= 0.3 is 6.09 Å². The number of carbonyl (C=O) groups excluding carboxylic acids is 1. The van der Waals surface area contributed by atoms with Gasteiger partial charge in [0.25, 0.3) is 0 Å².